The van der Waals surface area contributed by atoms with E-state index in [1.807, 2.05) is 6.92 Å². The Hall–Kier alpha value is -0.980. The molecule has 0 amide bonds. The highest BCUT2D eigenvalue weighted by molar-refractivity contribution is 9.12. The molecule has 2 aromatic rings. The van der Waals surface area contributed by atoms with Crippen LogP contribution in [0.3, 0.4) is 0 Å². The highest BCUT2D eigenvalue weighted by Crippen LogP contribution is 2.32. The van der Waals surface area contributed by atoms with E-state index in [1.165, 1.54) is 11.3 Å². The molecule has 0 N–H and O–H groups in total. The van der Waals surface area contributed by atoms with Crippen molar-refractivity contribution < 1.29 is 14.3 Å². The second-order valence-electron chi connectivity index (χ2n) is 4.25. The normalized spacial score (nSPS) is 10.4. The van der Waals surface area contributed by atoms with Crippen LogP contribution in [0.4, 0.5) is 0 Å². The van der Waals surface area contributed by atoms with Gasteiger partial charge in [-0.3, -0.25) is 9.59 Å². The SMILES string of the molecule is CCC(=O)c1ccc(OCC(=O)c2cc(Br)sc2Br)cc1. The van der Waals surface area contributed by atoms with Crippen LogP contribution in [-0.2, 0) is 0 Å². The van der Waals surface area contributed by atoms with Crippen LogP contribution in [0.1, 0.15) is 34.1 Å². The van der Waals surface area contributed by atoms with Gasteiger partial charge in [0.2, 0.25) is 5.78 Å². The van der Waals surface area contributed by atoms with Crippen molar-refractivity contribution in [3.8, 4) is 5.75 Å². The van der Waals surface area contributed by atoms with Crippen molar-refractivity contribution in [2.24, 2.45) is 0 Å². The Morgan fingerprint density at radius 1 is 1.14 bits per heavy atom. The third-order valence-electron chi connectivity index (χ3n) is 2.82. The predicted molar refractivity (Wildman–Crippen MR) is 90.6 cm³/mol. The summed E-state index contributed by atoms with van der Waals surface area (Å²) in [5, 5.41) is 0. The van der Waals surface area contributed by atoms with Crippen molar-refractivity contribution in [2.75, 3.05) is 6.61 Å². The van der Waals surface area contributed by atoms with Crippen LogP contribution >= 0.6 is 43.2 Å². The van der Waals surface area contributed by atoms with Crippen LogP contribution in [0, 0.1) is 0 Å². The van der Waals surface area contributed by atoms with Gasteiger partial charge < -0.3 is 4.74 Å². The van der Waals surface area contributed by atoms with Crippen LogP contribution in [0.5, 0.6) is 5.75 Å². The maximum Gasteiger partial charge on any atom is 0.202 e. The Bertz CT molecular complexity index is 662. The van der Waals surface area contributed by atoms with Gasteiger partial charge in [0, 0.05) is 17.5 Å². The van der Waals surface area contributed by atoms with E-state index in [9.17, 15) is 9.59 Å². The van der Waals surface area contributed by atoms with Crippen LogP contribution in [-0.4, -0.2) is 18.2 Å². The van der Waals surface area contributed by atoms with Gasteiger partial charge in [-0.2, -0.15) is 0 Å². The molecule has 0 saturated carbocycles. The molecule has 0 unspecified atom stereocenters. The Morgan fingerprint density at radius 2 is 1.81 bits per heavy atom. The molecular formula is C15H12Br2O3S. The van der Waals surface area contributed by atoms with Crippen molar-refractivity contribution in [3.05, 3.63) is 49.0 Å². The average Bonchev–Trinajstić information content (AvgIpc) is 2.83. The Balaban J connectivity index is 1.98. The van der Waals surface area contributed by atoms with Gasteiger partial charge >= 0.3 is 0 Å². The van der Waals surface area contributed by atoms with Crippen LogP contribution in [0.2, 0.25) is 0 Å². The molecule has 1 aromatic heterocycles. The average molecular weight is 432 g/mol. The van der Waals surface area contributed by atoms with Crippen molar-refractivity contribution in [1.29, 1.82) is 0 Å². The molecule has 0 spiro atoms. The third kappa shape index (κ3) is 4.25. The minimum atomic E-state index is -0.0995. The van der Waals surface area contributed by atoms with Crippen LogP contribution in [0.25, 0.3) is 0 Å². The zero-order valence-corrected chi connectivity index (χ0v) is 15.2. The van der Waals surface area contributed by atoms with E-state index >= 15 is 0 Å². The molecule has 0 aliphatic heterocycles. The van der Waals surface area contributed by atoms with E-state index in [2.05, 4.69) is 31.9 Å². The molecule has 0 aliphatic carbocycles. The van der Waals surface area contributed by atoms with E-state index < -0.39 is 0 Å². The van der Waals surface area contributed by atoms with Crippen molar-refractivity contribution in [2.45, 2.75) is 13.3 Å². The largest absolute Gasteiger partial charge is 0.485 e. The molecule has 0 radical (unpaired) electrons. The summed E-state index contributed by atoms with van der Waals surface area (Å²) in [5.74, 6) is 0.559. The van der Waals surface area contributed by atoms with Gasteiger partial charge in [-0.05, 0) is 62.2 Å². The number of thiophene rings is 1. The number of Topliss-reactive ketones (excluding diaryl/α,β-unsaturated/α-hetero) is 2. The fourth-order valence-electron chi connectivity index (χ4n) is 1.70. The minimum Gasteiger partial charge on any atom is -0.485 e. The first-order valence-electron chi connectivity index (χ1n) is 6.25. The summed E-state index contributed by atoms with van der Waals surface area (Å²) in [4.78, 5) is 23.6. The van der Waals surface area contributed by atoms with E-state index in [1.54, 1.807) is 30.3 Å². The lowest BCUT2D eigenvalue weighted by atomic mass is 10.1. The molecule has 2 rings (SSSR count). The molecule has 6 heteroatoms. The zero-order valence-electron chi connectivity index (χ0n) is 11.2. The molecule has 0 saturated heterocycles. The van der Waals surface area contributed by atoms with Crippen LogP contribution < -0.4 is 4.74 Å². The summed E-state index contributed by atoms with van der Waals surface area (Å²) in [7, 11) is 0. The third-order valence-corrected chi connectivity index (χ3v) is 5.16. The number of carbonyl (C=O) groups excluding carboxylic acids is 2. The van der Waals surface area contributed by atoms with Gasteiger partial charge in [0.25, 0.3) is 0 Å². The van der Waals surface area contributed by atoms with Gasteiger partial charge in [0.1, 0.15) is 5.75 Å². The molecule has 0 bridgehead atoms. The van der Waals surface area contributed by atoms with E-state index in [4.69, 9.17) is 4.74 Å². The lowest BCUT2D eigenvalue weighted by molar-refractivity contribution is 0.0920. The number of hydrogen-bond donors (Lipinski definition) is 0. The number of hydrogen-bond acceptors (Lipinski definition) is 4. The second-order valence-corrected chi connectivity index (χ2v) is 8.00. The quantitative estimate of drug-likeness (QED) is 0.595. The van der Waals surface area contributed by atoms with Gasteiger partial charge in [-0.1, -0.05) is 6.92 Å². The summed E-state index contributed by atoms with van der Waals surface area (Å²) < 4.78 is 7.14. The first kappa shape index (κ1) is 16.4. The summed E-state index contributed by atoms with van der Waals surface area (Å²) in [6.45, 7) is 1.78. The lowest BCUT2D eigenvalue weighted by Crippen LogP contribution is -2.11. The number of benzene rings is 1. The Labute approximate surface area is 143 Å². The van der Waals surface area contributed by atoms with Gasteiger partial charge in [-0.15, -0.1) is 11.3 Å². The summed E-state index contributed by atoms with van der Waals surface area (Å²) in [5.41, 5.74) is 1.25. The number of halogens is 2. The Kier molecular flexibility index (Phi) is 5.72. The predicted octanol–water partition coefficient (Wildman–Crippen LogP) is 5.13. The molecule has 1 heterocycles. The van der Waals surface area contributed by atoms with Crippen molar-refractivity contribution in [3.63, 3.8) is 0 Å². The van der Waals surface area contributed by atoms with E-state index in [0.717, 1.165) is 7.57 Å². The first-order valence-corrected chi connectivity index (χ1v) is 8.65. The van der Waals surface area contributed by atoms with Gasteiger partial charge in [0.05, 0.1) is 7.57 Å². The minimum absolute atomic E-state index is 0.0388. The lowest BCUT2D eigenvalue weighted by Gasteiger charge is -2.06. The molecule has 0 atom stereocenters. The first-order chi connectivity index (χ1) is 10.0. The maximum absolute atomic E-state index is 12.1. The molecule has 21 heavy (non-hydrogen) atoms. The van der Waals surface area contributed by atoms with Crippen molar-refractivity contribution in [1.82, 2.24) is 0 Å². The molecular weight excluding hydrogens is 420 g/mol. The van der Waals surface area contributed by atoms with Gasteiger partial charge in [0.15, 0.2) is 12.4 Å². The molecule has 3 nitrogen and oxygen atoms in total. The van der Waals surface area contributed by atoms with Gasteiger partial charge in [-0.25, -0.2) is 0 Å². The fraction of sp³-hybridized carbons (Fsp3) is 0.200. The van der Waals surface area contributed by atoms with Crippen molar-refractivity contribution >= 4 is 54.8 Å². The Morgan fingerprint density at radius 3 is 2.33 bits per heavy atom. The van der Waals surface area contributed by atoms with E-state index in [0.29, 0.717) is 23.3 Å². The number of carbonyl (C=O) groups is 2. The molecule has 0 fully saturated rings. The number of ether oxygens (including phenoxy) is 1. The zero-order chi connectivity index (χ0) is 15.4. The summed E-state index contributed by atoms with van der Waals surface area (Å²) in [6, 6.07) is 8.60. The smallest absolute Gasteiger partial charge is 0.202 e. The highest BCUT2D eigenvalue weighted by atomic mass is 79.9. The molecule has 110 valence electrons. The second kappa shape index (κ2) is 7.33. The summed E-state index contributed by atoms with van der Waals surface area (Å²) >= 11 is 8.14. The summed E-state index contributed by atoms with van der Waals surface area (Å²) in [6.07, 6.45) is 0.472. The highest BCUT2D eigenvalue weighted by Gasteiger charge is 2.14. The van der Waals surface area contributed by atoms with Crippen LogP contribution in [0.15, 0.2) is 37.9 Å². The number of ketones is 2. The molecule has 0 aliphatic rings. The topological polar surface area (TPSA) is 43.4 Å². The molecule has 1 aromatic carbocycles. The fourth-order valence-corrected chi connectivity index (χ4v) is 4.55. The number of rotatable bonds is 6. The standard InChI is InChI=1S/C15H12Br2O3S/c1-2-12(18)9-3-5-10(6-4-9)20-8-13(19)11-7-14(16)21-15(11)17/h3-7H,2,8H2,1H3. The monoisotopic (exact) mass is 430 g/mol. The maximum atomic E-state index is 12.1. The van der Waals surface area contributed by atoms with E-state index in [-0.39, 0.29) is 18.2 Å².